The molecule has 0 saturated carbocycles. The molecule has 0 radical (unpaired) electrons. The number of nitrogens with one attached hydrogen (secondary N) is 1. The van der Waals surface area contributed by atoms with Gasteiger partial charge in [-0.25, -0.2) is 0 Å². The molecule has 0 atom stereocenters. The largest absolute Gasteiger partial charge is 0.481 e. The van der Waals surface area contributed by atoms with Crippen LogP contribution in [0.5, 0.6) is 0 Å². The third-order valence-electron chi connectivity index (χ3n) is 3.30. The summed E-state index contributed by atoms with van der Waals surface area (Å²) in [5.74, 6) is -1.33. The Bertz CT molecular complexity index is 877. The second-order valence-electron chi connectivity index (χ2n) is 4.84. The van der Waals surface area contributed by atoms with Crippen molar-refractivity contribution in [2.24, 2.45) is 0 Å². The molecule has 0 unspecified atom stereocenters. The first kappa shape index (κ1) is 13.9. The maximum Gasteiger partial charge on any atom is 0.303 e. The summed E-state index contributed by atoms with van der Waals surface area (Å²) in [5, 5.41) is 13.0. The first-order chi connectivity index (χ1) is 10.6. The fourth-order valence-corrected chi connectivity index (χ4v) is 2.31. The van der Waals surface area contributed by atoms with Gasteiger partial charge in [-0.3, -0.25) is 19.6 Å². The normalized spacial score (nSPS) is 10.7. The third-order valence-corrected chi connectivity index (χ3v) is 3.30. The number of pyridine rings is 2. The van der Waals surface area contributed by atoms with E-state index in [0.717, 1.165) is 16.3 Å². The van der Waals surface area contributed by atoms with E-state index in [0.29, 0.717) is 11.2 Å². The van der Waals surface area contributed by atoms with Crippen LogP contribution in [-0.2, 0) is 9.59 Å². The molecule has 3 aromatic rings. The molecular formula is C16H13N3O3. The first-order valence-corrected chi connectivity index (χ1v) is 6.79. The van der Waals surface area contributed by atoms with Gasteiger partial charge in [-0.2, -0.15) is 0 Å². The molecule has 3 rings (SSSR count). The predicted octanol–water partition coefficient (Wildman–Crippen LogP) is 2.59. The lowest BCUT2D eigenvalue weighted by Gasteiger charge is -2.10. The molecule has 6 nitrogen and oxygen atoms in total. The van der Waals surface area contributed by atoms with Crippen LogP contribution in [0.15, 0.2) is 42.7 Å². The summed E-state index contributed by atoms with van der Waals surface area (Å²) in [4.78, 5) is 31.1. The zero-order valence-corrected chi connectivity index (χ0v) is 11.6. The Balaban J connectivity index is 2.04. The fraction of sp³-hybridized carbons (Fsp3) is 0.125. The number of amides is 1. The highest BCUT2D eigenvalue weighted by molar-refractivity contribution is 6.12. The van der Waals surface area contributed by atoms with Crippen LogP contribution in [0.4, 0.5) is 5.69 Å². The Hall–Kier alpha value is -3.02. The number of aliphatic carboxylic acids is 1. The number of rotatable bonds is 4. The van der Waals surface area contributed by atoms with Gasteiger partial charge < -0.3 is 10.4 Å². The number of nitrogens with zero attached hydrogens (tertiary/aromatic N) is 2. The Morgan fingerprint density at radius 1 is 1.05 bits per heavy atom. The highest BCUT2D eigenvalue weighted by Crippen LogP contribution is 2.29. The molecule has 22 heavy (non-hydrogen) atoms. The maximum absolute atomic E-state index is 11.9. The van der Waals surface area contributed by atoms with Gasteiger partial charge in [0.1, 0.15) is 0 Å². The molecule has 2 heterocycles. The molecule has 2 N–H and O–H groups in total. The lowest BCUT2D eigenvalue weighted by atomic mass is 10.1. The molecule has 0 aliphatic rings. The first-order valence-electron chi connectivity index (χ1n) is 6.79. The van der Waals surface area contributed by atoms with Crippen LogP contribution in [0.25, 0.3) is 21.8 Å². The van der Waals surface area contributed by atoms with Gasteiger partial charge in [0.2, 0.25) is 5.91 Å². The molecule has 0 aliphatic heterocycles. The van der Waals surface area contributed by atoms with E-state index in [1.165, 1.54) is 0 Å². The van der Waals surface area contributed by atoms with Crippen molar-refractivity contribution < 1.29 is 14.7 Å². The van der Waals surface area contributed by atoms with E-state index in [-0.39, 0.29) is 18.7 Å². The minimum absolute atomic E-state index is 0.0673. The number of carbonyl (C=O) groups excluding carboxylic acids is 1. The Kier molecular flexibility index (Phi) is 3.65. The molecular weight excluding hydrogens is 282 g/mol. The van der Waals surface area contributed by atoms with E-state index in [9.17, 15) is 9.59 Å². The number of anilines is 1. The van der Waals surface area contributed by atoms with Crippen LogP contribution in [0.2, 0.25) is 0 Å². The van der Waals surface area contributed by atoms with E-state index >= 15 is 0 Å². The van der Waals surface area contributed by atoms with E-state index in [4.69, 9.17) is 5.11 Å². The molecule has 110 valence electrons. The van der Waals surface area contributed by atoms with Crippen molar-refractivity contribution in [2.45, 2.75) is 12.8 Å². The van der Waals surface area contributed by atoms with Crippen LogP contribution in [0.1, 0.15) is 12.8 Å². The summed E-state index contributed by atoms with van der Waals surface area (Å²) in [6.45, 7) is 0. The SMILES string of the molecule is O=C(O)CCC(=O)Nc1cc2cccnc2c2ncccc12. The number of carbonyl (C=O) groups is 2. The van der Waals surface area contributed by atoms with Crippen molar-refractivity contribution in [1.29, 1.82) is 0 Å². The van der Waals surface area contributed by atoms with Gasteiger partial charge in [-0.1, -0.05) is 6.07 Å². The third kappa shape index (κ3) is 2.71. The minimum Gasteiger partial charge on any atom is -0.481 e. The van der Waals surface area contributed by atoms with Gasteiger partial charge in [0.25, 0.3) is 0 Å². The summed E-state index contributed by atoms with van der Waals surface area (Å²) < 4.78 is 0. The molecule has 0 bridgehead atoms. The van der Waals surface area contributed by atoms with Crippen LogP contribution < -0.4 is 5.32 Å². The predicted molar refractivity (Wildman–Crippen MR) is 82.5 cm³/mol. The summed E-state index contributed by atoms with van der Waals surface area (Å²) in [6.07, 6.45) is 3.10. The van der Waals surface area contributed by atoms with Crippen LogP contribution >= 0.6 is 0 Å². The number of fused-ring (bicyclic) bond motifs is 3. The molecule has 0 spiro atoms. The van der Waals surface area contributed by atoms with Crippen molar-refractivity contribution in [2.75, 3.05) is 5.32 Å². The van der Waals surface area contributed by atoms with Gasteiger partial charge in [-0.15, -0.1) is 0 Å². The highest BCUT2D eigenvalue weighted by Gasteiger charge is 2.11. The summed E-state index contributed by atoms with van der Waals surface area (Å²) in [5.41, 5.74) is 2.08. The lowest BCUT2D eigenvalue weighted by Crippen LogP contribution is -2.13. The Labute approximate surface area is 125 Å². The lowest BCUT2D eigenvalue weighted by molar-refractivity contribution is -0.138. The van der Waals surface area contributed by atoms with Gasteiger partial charge in [0, 0.05) is 29.6 Å². The number of aromatic nitrogens is 2. The molecule has 6 heteroatoms. The second-order valence-corrected chi connectivity index (χ2v) is 4.84. The van der Waals surface area contributed by atoms with Crippen LogP contribution in [0.3, 0.4) is 0 Å². The topological polar surface area (TPSA) is 92.2 Å². The molecule has 2 aromatic heterocycles. The summed E-state index contributed by atoms with van der Waals surface area (Å²) >= 11 is 0. The molecule has 0 fully saturated rings. The Morgan fingerprint density at radius 3 is 2.55 bits per heavy atom. The van der Waals surface area contributed by atoms with E-state index in [2.05, 4.69) is 15.3 Å². The van der Waals surface area contributed by atoms with Crippen LogP contribution in [0, 0.1) is 0 Å². The summed E-state index contributed by atoms with van der Waals surface area (Å²) in [6, 6.07) is 9.16. The van der Waals surface area contributed by atoms with Crippen molar-refractivity contribution in [1.82, 2.24) is 9.97 Å². The van der Waals surface area contributed by atoms with Crippen molar-refractivity contribution >= 4 is 39.4 Å². The number of hydrogen-bond acceptors (Lipinski definition) is 4. The van der Waals surface area contributed by atoms with E-state index in [1.807, 2.05) is 24.3 Å². The van der Waals surface area contributed by atoms with E-state index in [1.54, 1.807) is 18.5 Å². The molecule has 0 aliphatic carbocycles. The standard InChI is InChI=1S/C16H13N3O3/c20-13(5-6-14(21)22)19-12-9-10-3-1-7-17-15(10)16-11(12)4-2-8-18-16/h1-4,7-9H,5-6H2,(H,19,20)(H,21,22). The molecule has 1 amide bonds. The van der Waals surface area contributed by atoms with Gasteiger partial charge >= 0.3 is 5.97 Å². The quantitative estimate of drug-likeness (QED) is 0.722. The minimum atomic E-state index is -0.996. The summed E-state index contributed by atoms with van der Waals surface area (Å²) in [7, 11) is 0. The van der Waals surface area contributed by atoms with Gasteiger partial charge in [0.15, 0.2) is 0 Å². The van der Waals surface area contributed by atoms with Crippen molar-refractivity contribution in [3.05, 3.63) is 42.7 Å². The number of carboxylic acids is 1. The highest BCUT2D eigenvalue weighted by atomic mass is 16.4. The second kappa shape index (κ2) is 5.77. The average Bonchev–Trinajstić information content (AvgIpc) is 2.53. The molecule has 0 saturated heterocycles. The number of benzene rings is 1. The van der Waals surface area contributed by atoms with Crippen molar-refractivity contribution in [3.8, 4) is 0 Å². The maximum atomic E-state index is 11.9. The smallest absolute Gasteiger partial charge is 0.303 e. The molecule has 1 aromatic carbocycles. The zero-order chi connectivity index (χ0) is 15.5. The monoisotopic (exact) mass is 295 g/mol. The number of carboxylic acid groups (broad SMARTS) is 1. The Morgan fingerprint density at radius 2 is 1.77 bits per heavy atom. The average molecular weight is 295 g/mol. The fourth-order valence-electron chi connectivity index (χ4n) is 2.31. The van der Waals surface area contributed by atoms with Gasteiger partial charge in [-0.05, 0) is 24.3 Å². The zero-order valence-electron chi connectivity index (χ0n) is 11.6. The van der Waals surface area contributed by atoms with Crippen LogP contribution in [-0.4, -0.2) is 27.0 Å². The van der Waals surface area contributed by atoms with Crippen molar-refractivity contribution in [3.63, 3.8) is 0 Å². The van der Waals surface area contributed by atoms with E-state index < -0.39 is 5.97 Å². The van der Waals surface area contributed by atoms with Gasteiger partial charge in [0.05, 0.1) is 23.1 Å². The number of hydrogen-bond donors (Lipinski definition) is 2.